The molecule has 1 aliphatic heterocycles. The fraction of sp³-hybridized carbons (Fsp3) is 0.250. The third kappa shape index (κ3) is 2.79. The highest BCUT2D eigenvalue weighted by atomic mass is 79.9. The minimum Gasteiger partial charge on any atom is -0.493 e. The molecule has 2 nitrogen and oxygen atoms in total. The second kappa shape index (κ2) is 5.66. The molecule has 1 N–H and O–H groups in total. The van der Waals surface area contributed by atoms with Crippen molar-refractivity contribution >= 4 is 33.2 Å². The normalized spacial score (nSPS) is 12.9. The highest BCUT2D eigenvalue weighted by Crippen LogP contribution is 2.33. The van der Waals surface area contributed by atoms with Crippen LogP contribution in [0, 0.1) is 6.92 Å². The Bertz CT molecular complexity index is 657. The van der Waals surface area contributed by atoms with Crippen molar-refractivity contribution in [3.63, 3.8) is 0 Å². The van der Waals surface area contributed by atoms with Crippen LogP contribution in [0.1, 0.15) is 16.7 Å². The highest BCUT2D eigenvalue weighted by Gasteiger charge is 2.17. The molecule has 0 aliphatic carbocycles. The van der Waals surface area contributed by atoms with Crippen molar-refractivity contribution < 1.29 is 4.74 Å². The summed E-state index contributed by atoms with van der Waals surface area (Å²) in [6.45, 7) is 3.57. The standard InChI is InChI=1S/C16H15BrClNO/c1-10-2-3-14(18)8-15(10)19-9-12-7-13(17)6-11-4-5-20-16(11)12/h2-3,6-8,19H,4-5,9H2,1H3. The highest BCUT2D eigenvalue weighted by molar-refractivity contribution is 9.10. The second-order valence-electron chi connectivity index (χ2n) is 4.96. The lowest BCUT2D eigenvalue weighted by molar-refractivity contribution is 0.354. The molecule has 0 saturated heterocycles. The van der Waals surface area contributed by atoms with Gasteiger partial charge in [-0.1, -0.05) is 33.6 Å². The summed E-state index contributed by atoms with van der Waals surface area (Å²) in [4.78, 5) is 0. The first-order chi connectivity index (χ1) is 9.63. The van der Waals surface area contributed by atoms with Crippen molar-refractivity contribution in [3.8, 4) is 5.75 Å². The Morgan fingerprint density at radius 1 is 1.30 bits per heavy atom. The summed E-state index contributed by atoms with van der Waals surface area (Å²) in [6, 6.07) is 10.1. The smallest absolute Gasteiger partial charge is 0.127 e. The molecule has 0 radical (unpaired) electrons. The molecule has 104 valence electrons. The van der Waals surface area contributed by atoms with Crippen LogP contribution in [0.15, 0.2) is 34.8 Å². The van der Waals surface area contributed by atoms with Gasteiger partial charge < -0.3 is 10.1 Å². The number of anilines is 1. The second-order valence-corrected chi connectivity index (χ2v) is 6.32. The van der Waals surface area contributed by atoms with Crippen LogP contribution in [-0.2, 0) is 13.0 Å². The number of aryl methyl sites for hydroxylation is 1. The van der Waals surface area contributed by atoms with Crippen LogP contribution in [0.4, 0.5) is 5.69 Å². The Morgan fingerprint density at radius 2 is 2.15 bits per heavy atom. The molecule has 2 aromatic carbocycles. The lowest BCUT2D eigenvalue weighted by Crippen LogP contribution is -2.03. The molecule has 1 heterocycles. The van der Waals surface area contributed by atoms with E-state index >= 15 is 0 Å². The fourth-order valence-electron chi connectivity index (χ4n) is 2.45. The molecule has 0 bridgehead atoms. The van der Waals surface area contributed by atoms with Crippen LogP contribution < -0.4 is 10.1 Å². The summed E-state index contributed by atoms with van der Waals surface area (Å²) >= 11 is 9.61. The average Bonchev–Trinajstić information content (AvgIpc) is 2.87. The minimum atomic E-state index is 0.725. The lowest BCUT2D eigenvalue weighted by Gasteiger charge is -2.13. The van der Waals surface area contributed by atoms with Crippen molar-refractivity contribution in [1.29, 1.82) is 0 Å². The minimum absolute atomic E-state index is 0.725. The summed E-state index contributed by atoms with van der Waals surface area (Å²) in [5.74, 6) is 1.03. The maximum Gasteiger partial charge on any atom is 0.127 e. The zero-order valence-corrected chi connectivity index (χ0v) is 13.5. The number of rotatable bonds is 3. The third-order valence-electron chi connectivity index (χ3n) is 3.49. The molecule has 0 unspecified atom stereocenters. The number of halogens is 2. The van der Waals surface area contributed by atoms with Gasteiger partial charge in [0.2, 0.25) is 0 Å². The molecule has 0 saturated carbocycles. The summed E-state index contributed by atoms with van der Waals surface area (Å²) in [7, 11) is 0. The quantitative estimate of drug-likeness (QED) is 0.843. The van der Waals surface area contributed by atoms with E-state index in [1.54, 1.807) is 0 Å². The fourth-order valence-corrected chi connectivity index (χ4v) is 3.18. The predicted octanol–water partition coefficient (Wildman–Crippen LogP) is 4.96. The summed E-state index contributed by atoms with van der Waals surface area (Å²) in [5, 5.41) is 4.19. The molecular weight excluding hydrogens is 338 g/mol. The zero-order valence-electron chi connectivity index (χ0n) is 11.2. The van der Waals surface area contributed by atoms with E-state index in [1.807, 2.05) is 18.2 Å². The van der Waals surface area contributed by atoms with Gasteiger partial charge in [-0.05, 0) is 42.3 Å². The predicted molar refractivity (Wildman–Crippen MR) is 86.9 cm³/mol. The van der Waals surface area contributed by atoms with E-state index in [-0.39, 0.29) is 0 Å². The Kier molecular flexibility index (Phi) is 3.90. The maximum absolute atomic E-state index is 6.05. The van der Waals surface area contributed by atoms with Gasteiger partial charge in [0, 0.05) is 33.7 Å². The number of ether oxygens (including phenoxy) is 1. The van der Waals surface area contributed by atoms with Gasteiger partial charge in [-0.25, -0.2) is 0 Å². The van der Waals surface area contributed by atoms with Gasteiger partial charge in [0.05, 0.1) is 6.61 Å². The molecule has 0 amide bonds. The first-order valence-corrected chi connectivity index (χ1v) is 7.75. The van der Waals surface area contributed by atoms with Gasteiger partial charge in [0.25, 0.3) is 0 Å². The summed E-state index contributed by atoms with van der Waals surface area (Å²) in [6.07, 6.45) is 0.984. The summed E-state index contributed by atoms with van der Waals surface area (Å²) in [5.41, 5.74) is 4.69. The summed E-state index contributed by atoms with van der Waals surface area (Å²) < 4.78 is 6.84. The Morgan fingerprint density at radius 3 is 3.00 bits per heavy atom. The molecule has 4 heteroatoms. The number of hydrogen-bond acceptors (Lipinski definition) is 2. The van der Waals surface area contributed by atoms with Crippen LogP contribution in [0.5, 0.6) is 5.75 Å². The Labute approximate surface area is 132 Å². The molecule has 2 aromatic rings. The van der Waals surface area contributed by atoms with Crippen LogP contribution in [0.2, 0.25) is 5.02 Å². The van der Waals surface area contributed by atoms with E-state index in [0.29, 0.717) is 0 Å². The van der Waals surface area contributed by atoms with E-state index in [0.717, 1.165) is 40.5 Å². The molecule has 20 heavy (non-hydrogen) atoms. The van der Waals surface area contributed by atoms with Gasteiger partial charge >= 0.3 is 0 Å². The molecule has 0 aromatic heterocycles. The molecule has 0 fully saturated rings. The lowest BCUT2D eigenvalue weighted by atomic mass is 10.1. The third-order valence-corrected chi connectivity index (χ3v) is 4.19. The van der Waals surface area contributed by atoms with Crippen molar-refractivity contribution in [2.75, 3.05) is 11.9 Å². The van der Waals surface area contributed by atoms with Crippen LogP contribution in [0.3, 0.4) is 0 Å². The Hall–Kier alpha value is -1.19. The topological polar surface area (TPSA) is 21.3 Å². The van der Waals surface area contributed by atoms with Crippen LogP contribution in [0.25, 0.3) is 0 Å². The van der Waals surface area contributed by atoms with Crippen LogP contribution in [-0.4, -0.2) is 6.61 Å². The monoisotopic (exact) mass is 351 g/mol. The van der Waals surface area contributed by atoms with E-state index in [1.165, 1.54) is 16.7 Å². The van der Waals surface area contributed by atoms with Gasteiger partial charge in [-0.3, -0.25) is 0 Å². The largest absolute Gasteiger partial charge is 0.493 e. The van der Waals surface area contributed by atoms with Crippen molar-refractivity contribution in [2.24, 2.45) is 0 Å². The van der Waals surface area contributed by atoms with Crippen LogP contribution >= 0.6 is 27.5 Å². The van der Waals surface area contributed by atoms with Gasteiger partial charge in [-0.15, -0.1) is 0 Å². The van der Waals surface area contributed by atoms with E-state index in [9.17, 15) is 0 Å². The van der Waals surface area contributed by atoms with Crippen molar-refractivity contribution in [3.05, 3.63) is 56.5 Å². The Balaban J connectivity index is 1.84. The number of hydrogen-bond donors (Lipinski definition) is 1. The molecule has 3 rings (SSSR count). The first kappa shape index (κ1) is 13.8. The number of fused-ring (bicyclic) bond motifs is 1. The molecular formula is C16H15BrClNO. The molecule has 0 atom stereocenters. The van der Waals surface area contributed by atoms with E-state index in [4.69, 9.17) is 16.3 Å². The first-order valence-electron chi connectivity index (χ1n) is 6.57. The average molecular weight is 353 g/mol. The number of benzene rings is 2. The van der Waals surface area contributed by atoms with Gasteiger partial charge in [-0.2, -0.15) is 0 Å². The number of nitrogens with one attached hydrogen (secondary N) is 1. The molecule has 1 aliphatic rings. The maximum atomic E-state index is 6.05. The van der Waals surface area contributed by atoms with Gasteiger partial charge in [0.15, 0.2) is 0 Å². The molecule has 0 spiro atoms. The van der Waals surface area contributed by atoms with E-state index < -0.39 is 0 Å². The van der Waals surface area contributed by atoms with E-state index in [2.05, 4.69) is 40.3 Å². The van der Waals surface area contributed by atoms with Gasteiger partial charge in [0.1, 0.15) is 5.75 Å². The SMILES string of the molecule is Cc1ccc(Cl)cc1NCc1cc(Br)cc2c1OCC2. The van der Waals surface area contributed by atoms with Crippen molar-refractivity contribution in [2.45, 2.75) is 19.9 Å². The zero-order chi connectivity index (χ0) is 14.1. The van der Waals surface area contributed by atoms with Crippen molar-refractivity contribution in [1.82, 2.24) is 0 Å².